The van der Waals surface area contributed by atoms with Gasteiger partial charge in [0.05, 0.1) is 30.4 Å². The van der Waals surface area contributed by atoms with Crippen molar-refractivity contribution < 1.29 is 13.2 Å². The Morgan fingerprint density at radius 2 is 2.03 bits per heavy atom. The van der Waals surface area contributed by atoms with Crippen molar-refractivity contribution in [1.82, 2.24) is 20.0 Å². The first kappa shape index (κ1) is 22.3. The second kappa shape index (κ2) is 9.30. The summed E-state index contributed by atoms with van der Waals surface area (Å²) in [6.45, 7) is 7.89. The molecule has 0 spiro atoms. The van der Waals surface area contributed by atoms with Crippen molar-refractivity contribution in [2.24, 2.45) is 0 Å². The van der Waals surface area contributed by atoms with Gasteiger partial charge in [-0.05, 0) is 63.9 Å². The van der Waals surface area contributed by atoms with Gasteiger partial charge in [-0.15, -0.1) is 0 Å². The highest BCUT2D eigenvalue weighted by Gasteiger charge is 2.31. The van der Waals surface area contributed by atoms with Gasteiger partial charge in [0.15, 0.2) is 9.84 Å². The normalized spacial score (nSPS) is 22.1. The van der Waals surface area contributed by atoms with Gasteiger partial charge in [0.25, 0.3) is 0 Å². The van der Waals surface area contributed by atoms with Gasteiger partial charge >= 0.3 is 0 Å². The van der Waals surface area contributed by atoms with E-state index in [2.05, 4.69) is 35.3 Å². The van der Waals surface area contributed by atoms with E-state index >= 15 is 0 Å². The Balaban J connectivity index is 1.46. The largest absolute Gasteiger partial charge is 0.497 e. The maximum atomic E-state index is 11.9. The number of nitrogens with one attached hydrogen (secondary N) is 1. The molecule has 0 aliphatic carbocycles. The van der Waals surface area contributed by atoms with Crippen molar-refractivity contribution in [3.8, 4) is 5.75 Å². The Kier molecular flexibility index (Phi) is 6.69. The fourth-order valence-electron chi connectivity index (χ4n) is 4.97. The Bertz CT molecular complexity index is 1010. The number of nitrogens with zero attached hydrogens (tertiary/aromatic N) is 3. The van der Waals surface area contributed by atoms with E-state index in [-0.39, 0.29) is 17.5 Å². The van der Waals surface area contributed by atoms with E-state index in [9.17, 15) is 8.42 Å². The lowest BCUT2D eigenvalue weighted by Gasteiger charge is -2.28. The molecule has 2 saturated heterocycles. The topological polar surface area (TPSA) is 76.5 Å². The predicted molar refractivity (Wildman–Crippen MR) is 122 cm³/mol. The summed E-state index contributed by atoms with van der Waals surface area (Å²) >= 11 is 0. The molecule has 1 aromatic carbocycles. The molecule has 2 fully saturated rings. The van der Waals surface area contributed by atoms with Crippen molar-refractivity contribution in [3.05, 3.63) is 46.8 Å². The number of rotatable bonds is 8. The van der Waals surface area contributed by atoms with E-state index in [1.54, 1.807) is 7.11 Å². The Morgan fingerprint density at radius 3 is 2.71 bits per heavy atom. The summed E-state index contributed by atoms with van der Waals surface area (Å²) in [7, 11) is -1.22. The van der Waals surface area contributed by atoms with Gasteiger partial charge in [0.2, 0.25) is 0 Å². The molecular formula is C23H34N4O3S. The van der Waals surface area contributed by atoms with E-state index in [1.165, 1.54) is 24.0 Å². The molecule has 7 nitrogen and oxygen atoms in total. The highest BCUT2D eigenvalue weighted by atomic mass is 32.2. The highest BCUT2D eigenvalue weighted by Crippen LogP contribution is 2.29. The van der Waals surface area contributed by atoms with Crippen LogP contribution in [0.2, 0.25) is 0 Å². The number of hydrogen-bond acceptors (Lipinski definition) is 6. The molecule has 0 amide bonds. The average molecular weight is 447 g/mol. The third-order valence-corrected chi connectivity index (χ3v) is 8.48. The third-order valence-electron chi connectivity index (χ3n) is 6.73. The maximum Gasteiger partial charge on any atom is 0.152 e. The lowest BCUT2D eigenvalue weighted by Crippen LogP contribution is -2.34. The quantitative estimate of drug-likeness (QED) is 0.672. The molecule has 2 aliphatic heterocycles. The van der Waals surface area contributed by atoms with Crippen LogP contribution in [0.15, 0.2) is 24.3 Å². The van der Waals surface area contributed by atoms with E-state index in [1.807, 2.05) is 17.7 Å². The third kappa shape index (κ3) is 4.96. The number of aryl methyl sites for hydroxylation is 1. The van der Waals surface area contributed by atoms with Crippen molar-refractivity contribution in [2.75, 3.05) is 38.2 Å². The summed E-state index contributed by atoms with van der Waals surface area (Å²) in [5.41, 5.74) is 4.50. The van der Waals surface area contributed by atoms with Gasteiger partial charge in [-0.2, -0.15) is 5.10 Å². The fraction of sp³-hybridized carbons (Fsp3) is 0.609. The molecule has 1 N–H and O–H groups in total. The molecular weight excluding hydrogens is 412 g/mol. The minimum atomic E-state index is -2.93. The SMILES string of the molecule is COc1cccc([C@@H](CNCc2c(C)nn([C@@H]3CCS(=O)(=O)C3)c2C)N2CCCC2)c1. The first-order valence-corrected chi connectivity index (χ1v) is 13.0. The Morgan fingerprint density at radius 1 is 1.26 bits per heavy atom. The molecule has 0 bridgehead atoms. The number of aromatic nitrogens is 2. The highest BCUT2D eigenvalue weighted by molar-refractivity contribution is 7.91. The van der Waals surface area contributed by atoms with Crippen LogP contribution in [0.25, 0.3) is 0 Å². The van der Waals surface area contributed by atoms with Crippen molar-refractivity contribution in [3.63, 3.8) is 0 Å². The number of sulfone groups is 1. The zero-order chi connectivity index (χ0) is 22.0. The van der Waals surface area contributed by atoms with E-state index in [0.717, 1.165) is 43.3 Å². The standard InChI is InChI=1S/C23H34N4O3S/c1-17-22(18(2)27(25-17)20-9-12-31(28,29)16-20)14-24-15-23(26-10-4-5-11-26)19-7-6-8-21(13-19)30-3/h6-8,13,20,23-24H,4-5,9-12,14-16H2,1-3H3/t20-,23-/m1/s1. The summed E-state index contributed by atoms with van der Waals surface area (Å²) in [5.74, 6) is 1.36. The lowest BCUT2D eigenvalue weighted by atomic mass is 10.0. The van der Waals surface area contributed by atoms with Gasteiger partial charge < -0.3 is 10.1 Å². The minimum Gasteiger partial charge on any atom is -0.497 e. The van der Waals surface area contributed by atoms with Crippen LogP contribution in [0, 0.1) is 13.8 Å². The summed E-state index contributed by atoms with van der Waals surface area (Å²) < 4.78 is 31.2. The molecule has 4 rings (SSSR count). The predicted octanol–water partition coefficient (Wildman–Crippen LogP) is 2.79. The maximum absolute atomic E-state index is 11.9. The number of methoxy groups -OCH3 is 1. The van der Waals surface area contributed by atoms with Gasteiger partial charge in [-0.25, -0.2) is 8.42 Å². The summed E-state index contributed by atoms with van der Waals surface area (Å²) in [6.07, 6.45) is 3.15. The van der Waals surface area contributed by atoms with Crippen molar-refractivity contribution in [2.45, 2.75) is 51.7 Å². The minimum absolute atomic E-state index is 0.0356. The van der Waals surface area contributed by atoms with Gasteiger partial charge in [0, 0.05) is 30.4 Å². The average Bonchev–Trinajstić information content (AvgIpc) is 3.46. The van der Waals surface area contributed by atoms with Gasteiger partial charge in [0.1, 0.15) is 5.75 Å². The molecule has 3 heterocycles. The number of benzene rings is 1. The smallest absolute Gasteiger partial charge is 0.152 e. The molecule has 2 aromatic rings. The van der Waals surface area contributed by atoms with Gasteiger partial charge in [-0.3, -0.25) is 9.58 Å². The Hall–Kier alpha value is -1.90. The summed E-state index contributed by atoms with van der Waals surface area (Å²) in [5, 5.41) is 8.36. The number of ether oxygens (including phenoxy) is 1. The molecule has 8 heteroatoms. The van der Waals surface area contributed by atoms with E-state index < -0.39 is 9.84 Å². The molecule has 31 heavy (non-hydrogen) atoms. The summed E-state index contributed by atoms with van der Waals surface area (Å²) in [6, 6.07) is 8.63. The molecule has 0 radical (unpaired) electrons. The Labute approximate surface area is 185 Å². The van der Waals surface area contributed by atoms with Gasteiger partial charge in [-0.1, -0.05) is 12.1 Å². The fourth-order valence-corrected chi connectivity index (χ4v) is 6.66. The molecule has 170 valence electrons. The monoisotopic (exact) mass is 446 g/mol. The van der Waals surface area contributed by atoms with Crippen molar-refractivity contribution >= 4 is 9.84 Å². The molecule has 2 atom stereocenters. The molecule has 2 aliphatic rings. The number of hydrogen-bond donors (Lipinski definition) is 1. The van der Waals surface area contributed by atoms with Crippen molar-refractivity contribution in [1.29, 1.82) is 0 Å². The zero-order valence-electron chi connectivity index (χ0n) is 18.8. The molecule has 0 unspecified atom stereocenters. The van der Waals surface area contributed by atoms with E-state index in [4.69, 9.17) is 9.84 Å². The van der Waals surface area contributed by atoms with Crippen LogP contribution < -0.4 is 10.1 Å². The number of likely N-dealkylation sites (tertiary alicyclic amines) is 1. The van der Waals surface area contributed by atoms with Crippen LogP contribution in [0.3, 0.4) is 0 Å². The summed E-state index contributed by atoms with van der Waals surface area (Å²) in [4.78, 5) is 2.55. The van der Waals surface area contributed by atoms with Crippen LogP contribution in [0.4, 0.5) is 0 Å². The second-order valence-electron chi connectivity index (χ2n) is 8.82. The molecule has 0 saturated carbocycles. The second-order valence-corrected chi connectivity index (χ2v) is 11.0. The van der Waals surface area contributed by atoms with Crippen LogP contribution >= 0.6 is 0 Å². The lowest BCUT2D eigenvalue weighted by molar-refractivity contribution is 0.237. The zero-order valence-corrected chi connectivity index (χ0v) is 19.6. The van der Waals surface area contributed by atoms with Crippen LogP contribution in [-0.4, -0.2) is 61.3 Å². The molecule has 1 aromatic heterocycles. The van der Waals surface area contributed by atoms with E-state index in [0.29, 0.717) is 12.5 Å². The van der Waals surface area contributed by atoms with Crippen LogP contribution in [-0.2, 0) is 16.4 Å². The van der Waals surface area contributed by atoms with Crippen LogP contribution in [0.5, 0.6) is 5.75 Å². The first-order chi connectivity index (χ1) is 14.9. The van der Waals surface area contributed by atoms with Crippen LogP contribution in [0.1, 0.15) is 53.9 Å². The first-order valence-electron chi connectivity index (χ1n) is 11.2.